The minimum absolute atomic E-state index is 0.0624. The highest BCUT2D eigenvalue weighted by molar-refractivity contribution is 7.11. The van der Waals surface area contributed by atoms with Crippen molar-refractivity contribution in [2.45, 2.75) is 33.7 Å². The Morgan fingerprint density at radius 1 is 1.20 bits per heavy atom. The molecule has 0 radical (unpaired) electrons. The maximum atomic E-state index is 11.0. The first-order valence-corrected chi connectivity index (χ1v) is 7.35. The van der Waals surface area contributed by atoms with E-state index in [1.54, 1.807) is 11.3 Å². The Morgan fingerprint density at radius 3 is 2.30 bits per heavy atom. The molecule has 0 fully saturated rings. The molecule has 1 amide bonds. The van der Waals surface area contributed by atoms with Gasteiger partial charge in [0.25, 0.3) is 0 Å². The van der Waals surface area contributed by atoms with Crippen LogP contribution in [0.25, 0.3) is 0 Å². The Bertz CT molecular complexity index is 604. The van der Waals surface area contributed by atoms with E-state index in [-0.39, 0.29) is 11.9 Å². The lowest BCUT2D eigenvalue weighted by molar-refractivity contribution is -0.114. The van der Waals surface area contributed by atoms with Gasteiger partial charge in [0.1, 0.15) is 0 Å². The van der Waals surface area contributed by atoms with E-state index in [1.807, 2.05) is 31.2 Å². The summed E-state index contributed by atoms with van der Waals surface area (Å²) in [6, 6.07) is 7.84. The van der Waals surface area contributed by atoms with Crippen molar-refractivity contribution >= 4 is 28.6 Å². The van der Waals surface area contributed by atoms with E-state index < -0.39 is 0 Å². The number of aromatic nitrogens is 1. The van der Waals surface area contributed by atoms with Crippen LogP contribution in [-0.2, 0) is 4.79 Å². The third-order valence-electron chi connectivity index (χ3n) is 2.94. The first kappa shape index (κ1) is 14.5. The van der Waals surface area contributed by atoms with E-state index in [2.05, 4.69) is 29.5 Å². The zero-order valence-electron chi connectivity index (χ0n) is 12.2. The predicted molar refractivity (Wildman–Crippen MR) is 84.4 cm³/mol. The molecule has 1 heterocycles. The molecule has 5 heteroatoms. The smallest absolute Gasteiger partial charge is 0.221 e. The maximum Gasteiger partial charge on any atom is 0.221 e. The summed E-state index contributed by atoms with van der Waals surface area (Å²) < 4.78 is 0. The summed E-state index contributed by atoms with van der Waals surface area (Å²) in [5.74, 6) is -0.0624. The molecule has 4 nitrogen and oxygen atoms in total. The molecule has 1 aromatic heterocycles. The van der Waals surface area contributed by atoms with Crippen molar-refractivity contribution in [3.8, 4) is 0 Å². The molecule has 0 aliphatic rings. The number of carbonyl (C=O) groups excluding carboxylic acids is 1. The van der Waals surface area contributed by atoms with Crippen LogP contribution >= 0.6 is 11.3 Å². The summed E-state index contributed by atoms with van der Waals surface area (Å²) in [4.78, 5) is 16.8. The standard InChI is InChI=1S/C15H19N3OS/c1-9(15-10(2)20-12(4)18-15)16-13-5-7-14(8-6-13)17-11(3)19/h5-9,16H,1-4H3,(H,17,19). The van der Waals surface area contributed by atoms with Crippen molar-refractivity contribution < 1.29 is 4.79 Å². The molecule has 0 saturated carbocycles. The second kappa shape index (κ2) is 6.05. The average molecular weight is 289 g/mol. The van der Waals surface area contributed by atoms with Crippen molar-refractivity contribution in [1.82, 2.24) is 4.98 Å². The Labute approximate surface area is 123 Å². The minimum atomic E-state index is -0.0624. The lowest BCUT2D eigenvalue weighted by Crippen LogP contribution is -2.09. The van der Waals surface area contributed by atoms with Crippen LogP contribution in [0, 0.1) is 13.8 Å². The van der Waals surface area contributed by atoms with Gasteiger partial charge in [-0.3, -0.25) is 4.79 Å². The number of carbonyl (C=O) groups is 1. The Balaban J connectivity index is 2.06. The number of benzene rings is 1. The van der Waals surface area contributed by atoms with Gasteiger partial charge < -0.3 is 10.6 Å². The van der Waals surface area contributed by atoms with Crippen molar-refractivity contribution in [2.75, 3.05) is 10.6 Å². The summed E-state index contributed by atoms with van der Waals surface area (Å²) >= 11 is 1.72. The van der Waals surface area contributed by atoms with Crippen LogP contribution in [0.3, 0.4) is 0 Å². The summed E-state index contributed by atoms with van der Waals surface area (Å²) in [7, 11) is 0. The third kappa shape index (κ3) is 3.57. The summed E-state index contributed by atoms with van der Waals surface area (Å²) in [5.41, 5.74) is 2.91. The number of rotatable bonds is 4. The zero-order chi connectivity index (χ0) is 14.7. The molecule has 1 aromatic carbocycles. The zero-order valence-corrected chi connectivity index (χ0v) is 13.0. The number of hydrogen-bond donors (Lipinski definition) is 2. The second-order valence-electron chi connectivity index (χ2n) is 4.80. The molecule has 2 aromatic rings. The van der Waals surface area contributed by atoms with Gasteiger partial charge in [-0.1, -0.05) is 0 Å². The molecule has 1 unspecified atom stereocenters. The van der Waals surface area contributed by atoms with E-state index in [4.69, 9.17) is 0 Å². The summed E-state index contributed by atoms with van der Waals surface area (Å²) in [6.45, 7) is 7.72. The number of anilines is 2. The third-order valence-corrected chi connectivity index (χ3v) is 3.84. The molecule has 0 aliphatic carbocycles. The molecule has 1 atom stereocenters. The molecule has 2 rings (SSSR count). The van der Waals surface area contributed by atoms with Crippen molar-refractivity contribution in [2.24, 2.45) is 0 Å². The van der Waals surface area contributed by atoms with Gasteiger partial charge in [-0.2, -0.15) is 0 Å². The normalized spacial score (nSPS) is 12.0. The Hall–Kier alpha value is -1.88. The molecule has 0 saturated heterocycles. The fraction of sp³-hybridized carbons (Fsp3) is 0.333. The van der Waals surface area contributed by atoms with Crippen LogP contribution < -0.4 is 10.6 Å². The van der Waals surface area contributed by atoms with Gasteiger partial charge >= 0.3 is 0 Å². The Morgan fingerprint density at radius 2 is 1.80 bits per heavy atom. The van der Waals surface area contributed by atoms with Gasteiger partial charge in [0, 0.05) is 23.2 Å². The van der Waals surface area contributed by atoms with E-state index >= 15 is 0 Å². The highest BCUT2D eigenvalue weighted by atomic mass is 32.1. The van der Waals surface area contributed by atoms with Crippen LogP contribution in [0.15, 0.2) is 24.3 Å². The van der Waals surface area contributed by atoms with Crippen molar-refractivity contribution in [1.29, 1.82) is 0 Å². The molecule has 2 N–H and O–H groups in total. The lowest BCUT2D eigenvalue weighted by atomic mass is 10.2. The predicted octanol–water partition coefficient (Wildman–Crippen LogP) is 3.89. The average Bonchev–Trinajstić information content (AvgIpc) is 2.70. The Kier molecular flexibility index (Phi) is 4.39. The van der Waals surface area contributed by atoms with E-state index in [9.17, 15) is 4.79 Å². The fourth-order valence-electron chi connectivity index (χ4n) is 2.12. The van der Waals surface area contributed by atoms with E-state index in [0.717, 1.165) is 22.1 Å². The lowest BCUT2D eigenvalue weighted by Gasteiger charge is -2.14. The van der Waals surface area contributed by atoms with Gasteiger partial charge in [-0.05, 0) is 45.0 Å². The maximum absolute atomic E-state index is 11.0. The van der Waals surface area contributed by atoms with E-state index in [1.165, 1.54) is 11.8 Å². The molecule has 0 spiro atoms. The highest BCUT2D eigenvalue weighted by Gasteiger charge is 2.12. The van der Waals surface area contributed by atoms with E-state index in [0.29, 0.717) is 0 Å². The molecule has 0 bridgehead atoms. The van der Waals surface area contributed by atoms with Gasteiger partial charge in [-0.25, -0.2) is 4.98 Å². The molecule has 106 valence electrons. The minimum Gasteiger partial charge on any atom is -0.377 e. The van der Waals surface area contributed by atoms with Crippen LogP contribution in [0.4, 0.5) is 11.4 Å². The number of thiazole rings is 1. The van der Waals surface area contributed by atoms with Gasteiger partial charge in [-0.15, -0.1) is 11.3 Å². The second-order valence-corrected chi connectivity index (χ2v) is 6.21. The number of nitrogens with one attached hydrogen (secondary N) is 2. The first-order valence-electron chi connectivity index (χ1n) is 6.54. The highest BCUT2D eigenvalue weighted by Crippen LogP contribution is 2.26. The van der Waals surface area contributed by atoms with Crippen LogP contribution in [-0.4, -0.2) is 10.9 Å². The number of amides is 1. The fourth-order valence-corrected chi connectivity index (χ4v) is 3.03. The van der Waals surface area contributed by atoms with Gasteiger partial charge in [0.15, 0.2) is 0 Å². The molecule has 20 heavy (non-hydrogen) atoms. The van der Waals surface area contributed by atoms with Gasteiger partial charge in [0.05, 0.1) is 16.7 Å². The quantitative estimate of drug-likeness (QED) is 0.897. The van der Waals surface area contributed by atoms with Crippen molar-refractivity contribution in [3.63, 3.8) is 0 Å². The molecule has 0 aliphatic heterocycles. The number of aryl methyl sites for hydroxylation is 2. The summed E-state index contributed by atoms with van der Waals surface area (Å²) in [6.07, 6.45) is 0. The topological polar surface area (TPSA) is 54.0 Å². The summed E-state index contributed by atoms with van der Waals surface area (Å²) in [5, 5.41) is 7.27. The van der Waals surface area contributed by atoms with Crippen molar-refractivity contribution in [3.05, 3.63) is 39.8 Å². The molecular weight excluding hydrogens is 270 g/mol. The number of hydrogen-bond acceptors (Lipinski definition) is 4. The first-order chi connectivity index (χ1) is 9.45. The van der Waals surface area contributed by atoms with Crippen LogP contribution in [0.5, 0.6) is 0 Å². The SMILES string of the molecule is CC(=O)Nc1ccc(NC(C)c2nc(C)sc2C)cc1. The monoisotopic (exact) mass is 289 g/mol. The largest absolute Gasteiger partial charge is 0.377 e. The van der Waals surface area contributed by atoms with Crippen LogP contribution in [0.2, 0.25) is 0 Å². The molecular formula is C15H19N3OS. The van der Waals surface area contributed by atoms with Gasteiger partial charge in [0.2, 0.25) is 5.91 Å². The van der Waals surface area contributed by atoms with Crippen LogP contribution in [0.1, 0.15) is 35.5 Å². The number of nitrogens with zero attached hydrogens (tertiary/aromatic N) is 1.